The topological polar surface area (TPSA) is 106 Å². The first-order valence-electron chi connectivity index (χ1n) is 5.70. The Kier molecular flexibility index (Phi) is 4.22. The maximum atomic E-state index is 13.7. The minimum atomic E-state index is -0.676. The number of nitrogens with one attached hydrogen (secondary N) is 1. The lowest BCUT2D eigenvalue weighted by Crippen LogP contribution is -2.20. The third-order valence-electron chi connectivity index (χ3n) is 2.73. The number of aromatic nitrogens is 2. The fourth-order valence-electron chi connectivity index (χ4n) is 1.67. The van der Waals surface area contributed by atoms with Crippen LogP contribution in [-0.4, -0.2) is 26.7 Å². The molecule has 0 saturated heterocycles. The summed E-state index contributed by atoms with van der Waals surface area (Å²) in [6.07, 6.45) is 1.32. The summed E-state index contributed by atoms with van der Waals surface area (Å²) >= 11 is 3.17. The zero-order valence-electron chi connectivity index (χ0n) is 10.8. The zero-order chi connectivity index (χ0) is 15.6. The molecule has 9 heteroatoms. The summed E-state index contributed by atoms with van der Waals surface area (Å²) in [5.74, 6) is -1.37. The molecule has 2 rings (SSSR count). The van der Waals surface area contributed by atoms with E-state index in [0.29, 0.717) is 4.47 Å². The molecular formula is C12H11BrFN5O2. The minimum absolute atomic E-state index is 0.143. The number of oxime groups is 1. The molecule has 0 atom stereocenters. The van der Waals surface area contributed by atoms with E-state index in [1.807, 2.05) is 0 Å². The van der Waals surface area contributed by atoms with E-state index in [4.69, 9.17) is 10.9 Å². The first kappa shape index (κ1) is 15.0. The van der Waals surface area contributed by atoms with Crippen molar-refractivity contribution in [1.82, 2.24) is 9.78 Å². The van der Waals surface area contributed by atoms with Gasteiger partial charge in [-0.25, -0.2) is 4.39 Å². The van der Waals surface area contributed by atoms with Crippen LogP contribution in [0.15, 0.2) is 34.0 Å². The number of nitrogens with zero attached hydrogens (tertiary/aromatic N) is 3. The summed E-state index contributed by atoms with van der Waals surface area (Å²) in [5, 5.41) is 17.9. The summed E-state index contributed by atoms with van der Waals surface area (Å²) in [6.45, 7) is 0. The number of carbonyl (C=O) groups excluding carboxylic acids is 1. The van der Waals surface area contributed by atoms with Crippen LogP contribution in [0.3, 0.4) is 0 Å². The molecule has 0 radical (unpaired) electrons. The third-order valence-corrected chi connectivity index (χ3v) is 3.22. The van der Waals surface area contributed by atoms with Crippen LogP contribution in [0.5, 0.6) is 0 Å². The van der Waals surface area contributed by atoms with E-state index in [-0.39, 0.29) is 22.8 Å². The Labute approximate surface area is 127 Å². The van der Waals surface area contributed by atoms with Crippen molar-refractivity contribution in [2.24, 2.45) is 17.9 Å². The van der Waals surface area contributed by atoms with Crippen LogP contribution in [0.4, 0.5) is 10.2 Å². The van der Waals surface area contributed by atoms with Crippen molar-refractivity contribution in [3.05, 3.63) is 45.8 Å². The predicted molar refractivity (Wildman–Crippen MR) is 77.8 cm³/mol. The van der Waals surface area contributed by atoms with E-state index in [2.05, 4.69) is 31.5 Å². The van der Waals surface area contributed by atoms with Crippen LogP contribution in [-0.2, 0) is 7.05 Å². The van der Waals surface area contributed by atoms with Crippen molar-refractivity contribution in [3.63, 3.8) is 0 Å². The molecule has 0 spiro atoms. The Morgan fingerprint density at radius 2 is 2.24 bits per heavy atom. The molecule has 0 aliphatic rings. The smallest absolute Gasteiger partial charge is 0.259 e. The summed E-state index contributed by atoms with van der Waals surface area (Å²) in [5.41, 5.74) is 5.57. The van der Waals surface area contributed by atoms with Gasteiger partial charge in [0.2, 0.25) is 0 Å². The molecule has 1 aromatic heterocycles. The SMILES string of the molecule is Cn1ncc(C(N)=NO)c1NC(=O)c1cc(Br)ccc1F. The maximum Gasteiger partial charge on any atom is 0.259 e. The number of benzene rings is 1. The Morgan fingerprint density at radius 3 is 2.90 bits per heavy atom. The van der Waals surface area contributed by atoms with Gasteiger partial charge < -0.3 is 16.3 Å². The van der Waals surface area contributed by atoms with Gasteiger partial charge in [0.15, 0.2) is 5.84 Å². The molecule has 0 aliphatic carbocycles. The number of aryl methyl sites for hydroxylation is 1. The van der Waals surface area contributed by atoms with E-state index < -0.39 is 11.7 Å². The molecule has 0 fully saturated rings. The van der Waals surface area contributed by atoms with Crippen LogP contribution in [0, 0.1) is 5.82 Å². The molecule has 110 valence electrons. The van der Waals surface area contributed by atoms with Crippen LogP contribution >= 0.6 is 15.9 Å². The number of amidine groups is 1. The van der Waals surface area contributed by atoms with Gasteiger partial charge >= 0.3 is 0 Å². The third kappa shape index (κ3) is 3.02. The molecule has 1 aromatic carbocycles. The minimum Gasteiger partial charge on any atom is -0.409 e. The molecule has 0 saturated carbocycles. The highest BCUT2D eigenvalue weighted by atomic mass is 79.9. The average molecular weight is 356 g/mol. The molecule has 2 aromatic rings. The summed E-state index contributed by atoms with van der Waals surface area (Å²) < 4.78 is 15.6. The molecule has 4 N–H and O–H groups in total. The fourth-order valence-corrected chi connectivity index (χ4v) is 2.03. The van der Waals surface area contributed by atoms with E-state index in [0.717, 1.165) is 0 Å². The highest BCUT2D eigenvalue weighted by molar-refractivity contribution is 9.10. The Morgan fingerprint density at radius 1 is 1.52 bits per heavy atom. The first-order valence-corrected chi connectivity index (χ1v) is 6.49. The highest BCUT2D eigenvalue weighted by Gasteiger charge is 2.18. The largest absolute Gasteiger partial charge is 0.409 e. The standard InChI is InChI=1S/C12H11BrFN5O2/c1-19-11(8(5-16-19)10(15)18-21)17-12(20)7-4-6(13)2-3-9(7)14/h2-5,21H,1H3,(H2,15,18)(H,17,20). The van der Waals surface area contributed by atoms with Gasteiger partial charge in [-0.05, 0) is 18.2 Å². The second-order valence-corrected chi connectivity index (χ2v) is 5.01. The fraction of sp³-hybridized carbons (Fsp3) is 0.0833. The number of rotatable bonds is 3. The molecular weight excluding hydrogens is 345 g/mol. The molecule has 0 unspecified atom stereocenters. The van der Waals surface area contributed by atoms with Crippen LogP contribution in [0.2, 0.25) is 0 Å². The van der Waals surface area contributed by atoms with E-state index >= 15 is 0 Å². The Hall–Kier alpha value is -2.42. The van der Waals surface area contributed by atoms with Gasteiger partial charge in [-0.1, -0.05) is 21.1 Å². The van der Waals surface area contributed by atoms with Crippen LogP contribution < -0.4 is 11.1 Å². The predicted octanol–water partition coefficient (Wildman–Crippen LogP) is 1.67. The summed E-state index contributed by atoms with van der Waals surface area (Å²) in [7, 11) is 1.56. The second-order valence-electron chi connectivity index (χ2n) is 4.09. The maximum absolute atomic E-state index is 13.7. The number of anilines is 1. The lowest BCUT2D eigenvalue weighted by atomic mass is 10.2. The van der Waals surface area contributed by atoms with Crippen LogP contribution in [0.1, 0.15) is 15.9 Å². The monoisotopic (exact) mass is 355 g/mol. The summed E-state index contributed by atoms with van der Waals surface area (Å²) in [4.78, 5) is 12.1. The molecule has 1 amide bonds. The number of nitrogens with two attached hydrogens (primary N) is 1. The quantitative estimate of drug-likeness (QED) is 0.337. The number of halogens is 2. The second kappa shape index (κ2) is 5.92. The van der Waals surface area contributed by atoms with Gasteiger partial charge in [0.05, 0.1) is 17.3 Å². The van der Waals surface area contributed by atoms with Gasteiger partial charge in [0.1, 0.15) is 11.6 Å². The normalized spacial score (nSPS) is 11.5. The van der Waals surface area contributed by atoms with Gasteiger partial charge in [0.25, 0.3) is 5.91 Å². The molecule has 0 aliphatic heterocycles. The van der Waals surface area contributed by atoms with E-state index in [9.17, 15) is 9.18 Å². The van der Waals surface area contributed by atoms with Crippen molar-refractivity contribution in [2.75, 3.05) is 5.32 Å². The number of amides is 1. The van der Waals surface area contributed by atoms with Crippen molar-refractivity contribution in [1.29, 1.82) is 0 Å². The van der Waals surface area contributed by atoms with Crippen molar-refractivity contribution >= 4 is 33.5 Å². The van der Waals surface area contributed by atoms with Gasteiger partial charge in [-0.2, -0.15) is 5.10 Å². The Balaban J connectivity index is 2.36. The van der Waals surface area contributed by atoms with Gasteiger partial charge in [-0.15, -0.1) is 0 Å². The molecule has 7 nitrogen and oxygen atoms in total. The zero-order valence-corrected chi connectivity index (χ0v) is 12.4. The van der Waals surface area contributed by atoms with Crippen molar-refractivity contribution < 1.29 is 14.4 Å². The molecule has 21 heavy (non-hydrogen) atoms. The van der Waals surface area contributed by atoms with Gasteiger partial charge in [-0.3, -0.25) is 9.48 Å². The number of hydrogen-bond donors (Lipinski definition) is 3. The number of hydrogen-bond acceptors (Lipinski definition) is 4. The lowest BCUT2D eigenvalue weighted by Gasteiger charge is -2.09. The first-order chi connectivity index (χ1) is 9.93. The molecule has 0 bridgehead atoms. The van der Waals surface area contributed by atoms with Gasteiger partial charge in [0, 0.05) is 11.5 Å². The average Bonchev–Trinajstić information content (AvgIpc) is 2.82. The van der Waals surface area contributed by atoms with E-state index in [1.54, 1.807) is 7.05 Å². The summed E-state index contributed by atoms with van der Waals surface area (Å²) in [6, 6.07) is 4.01. The van der Waals surface area contributed by atoms with Crippen LogP contribution in [0.25, 0.3) is 0 Å². The number of carbonyl (C=O) groups is 1. The van der Waals surface area contributed by atoms with Crippen molar-refractivity contribution in [3.8, 4) is 0 Å². The lowest BCUT2D eigenvalue weighted by molar-refractivity contribution is 0.102. The van der Waals surface area contributed by atoms with E-state index in [1.165, 1.54) is 29.1 Å². The Bertz CT molecular complexity index is 728. The molecule has 1 heterocycles. The van der Waals surface area contributed by atoms with Crippen molar-refractivity contribution in [2.45, 2.75) is 0 Å². The highest BCUT2D eigenvalue weighted by Crippen LogP contribution is 2.19.